The van der Waals surface area contributed by atoms with E-state index in [-0.39, 0.29) is 5.63 Å². The Morgan fingerprint density at radius 3 is 2.89 bits per heavy atom. The summed E-state index contributed by atoms with van der Waals surface area (Å²) in [5, 5.41) is 15.6. The maximum atomic E-state index is 12.0. The monoisotopic (exact) mass is 391 g/mol. The van der Waals surface area contributed by atoms with Crippen molar-refractivity contribution in [3.63, 3.8) is 0 Å². The molecule has 0 unspecified atom stereocenters. The second kappa shape index (κ2) is 6.93. The molecule has 3 aromatic heterocycles. The molecule has 8 nitrogen and oxygen atoms in total. The average Bonchev–Trinajstić information content (AvgIpc) is 3.38. The average molecular weight is 391 g/mol. The van der Waals surface area contributed by atoms with E-state index in [9.17, 15) is 4.79 Å². The zero-order chi connectivity index (χ0) is 18.9. The first kappa shape index (κ1) is 16.7. The van der Waals surface area contributed by atoms with Crippen molar-refractivity contribution in [3.05, 3.63) is 77.0 Å². The quantitative estimate of drug-likeness (QED) is 0.256. The predicted octanol–water partition coefficient (Wildman–Crippen LogP) is 3.26. The topological polar surface area (TPSA) is 99.8 Å². The fourth-order valence-corrected chi connectivity index (χ4v) is 3.85. The molecular weight excluding hydrogens is 378 g/mol. The number of fused-ring (bicyclic) bond motifs is 3. The van der Waals surface area contributed by atoms with E-state index in [4.69, 9.17) is 8.83 Å². The van der Waals surface area contributed by atoms with Crippen molar-refractivity contribution < 1.29 is 8.83 Å². The molecule has 0 N–H and O–H groups in total. The number of benzene rings is 2. The number of aromatic nitrogens is 5. The maximum absolute atomic E-state index is 12.0. The largest absolute Gasteiger partial charge is 0.423 e. The van der Waals surface area contributed by atoms with E-state index in [0.717, 1.165) is 21.7 Å². The molecule has 138 valence electrons. The standard InChI is InChI=1S/C19H13N5O3S/c25-17-7-13(18-14-4-2-1-3-12(14)5-6-15(18)26-17)9-28-19-23-22-16(27-19)8-24-11-20-10-21-24/h1-7,10-11H,8-9H2. The Balaban J connectivity index is 1.46. The summed E-state index contributed by atoms with van der Waals surface area (Å²) in [5.74, 6) is 0.942. The van der Waals surface area contributed by atoms with Gasteiger partial charge in [0.25, 0.3) is 5.22 Å². The lowest BCUT2D eigenvalue weighted by Crippen LogP contribution is -2.00. The summed E-state index contributed by atoms with van der Waals surface area (Å²) in [7, 11) is 0. The van der Waals surface area contributed by atoms with E-state index in [1.807, 2.05) is 36.4 Å². The molecule has 0 aliphatic rings. The molecule has 0 aliphatic carbocycles. The molecule has 2 aromatic carbocycles. The highest BCUT2D eigenvalue weighted by Gasteiger charge is 2.13. The molecular formula is C19H13N5O3S. The van der Waals surface area contributed by atoms with Crippen LogP contribution in [0.2, 0.25) is 0 Å². The Morgan fingerprint density at radius 1 is 1.07 bits per heavy atom. The van der Waals surface area contributed by atoms with Crippen molar-refractivity contribution in [2.75, 3.05) is 0 Å². The van der Waals surface area contributed by atoms with E-state index < -0.39 is 0 Å². The molecule has 0 saturated heterocycles. The number of hydrogen-bond acceptors (Lipinski definition) is 8. The molecule has 0 bridgehead atoms. The molecule has 0 aliphatic heterocycles. The lowest BCUT2D eigenvalue weighted by Gasteiger charge is -2.07. The summed E-state index contributed by atoms with van der Waals surface area (Å²) in [6.45, 7) is 0.357. The van der Waals surface area contributed by atoms with Gasteiger partial charge in [0.1, 0.15) is 24.8 Å². The predicted molar refractivity (Wildman–Crippen MR) is 103 cm³/mol. The zero-order valence-electron chi connectivity index (χ0n) is 14.5. The van der Waals surface area contributed by atoms with Crippen LogP contribution in [0, 0.1) is 0 Å². The summed E-state index contributed by atoms with van der Waals surface area (Å²) in [6, 6.07) is 13.3. The SMILES string of the molecule is O=c1cc(CSc2nnc(Cn3cncn3)o2)c2c(ccc3ccccc32)o1. The van der Waals surface area contributed by atoms with Crippen molar-refractivity contribution in [2.24, 2.45) is 0 Å². The molecule has 0 fully saturated rings. The van der Waals surface area contributed by atoms with Crippen LogP contribution in [0.25, 0.3) is 21.7 Å². The molecule has 0 radical (unpaired) electrons. The zero-order valence-corrected chi connectivity index (χ0v) is 15.3. The van der Waals surface area contributed by atoms with E-state index in [0.29, 0.717) is 29.0 Å². The van der Waals surface area contributed by atoms with Gasteiger partial charge in [-0.05, 0) is 22.4 Å². The van der Waals surface area contributed by atoms with Gasteiger partial charge in [-0.2, -0.15) is 5.10 Å². The molecule has 0 atom stereocenters. The van der Waals surface area contributed by atoms with Gasteiger partial charge in [0.15, 0.2) is 0 Å². The van der Waals surface area contributed by atoms with Crippen LogP contribution >= 0.6 is 11.8 Å². The minimum absolute atomic E-state index is 0.357. The number of rotatable bonds is 5. The number of hydrogen-bond donors (Lipinski definition) is 0. The van der Waals surface area contributed by atoms with Crippen molar-refractivity contribution in [3.8, 4) is 0 Å². The first-order chi connectivity index (χ1) is 13.8. The van der Waals surface area contributed by atoms with Gasteiger partial charge in [-0.1, -0.05) is 42.1 Å². The van der Waals surface area contributed by atoms with Crippen LogP contribution in [-0.4, -0.2) is 25.0 Å². The van der Waals surface area contributed by atoms with Gasteiger partial charge in [-0.15, -0.1) is 10.2 Å². The van der Waals surface area contributed by atoms with E-state index in [1.165, 1.54) is 24.2 Å². The molecule has 0 saturated carbocycles. The van der Waals surface area contributed by atoms with Crippen LogP contribution in [0.3, 0.4) is 0 Å². The van der Waals surface area contributed by atoms with Crippen LogP contribution in [0.1, 0.15) is 11.5 Å². The third kappa shape index (κ3) is 3.16. The van der Waals surface area contributed by atoms with Crippen LogP contribution in [-0.2, 0) is 12.3 Å². The highest BCUT2D eigenvalue weighted by atomic mass is 32.2. The minimum atomic E-state index is -0.379. The summed E-state index contributed by atoms with van der Waals surface area (Å²) in [6.07, 6.45) is 3.03. The smallest absolute Gasteiger partial charge is 0.336 e. The van der Waals surface area contributed by atoms with Gasteiger partial charge >= 0.3 is 5.63 Å². The van der Waals surface area contributed by atoms with Gasteiger partial charge in [-0.3, -0.25) is 0 Å². The summed E-state index contributed by atoms with van der Waals surface area (Å²) in [4.78, 5) is 15.9. The fraction of sp³-hybridized carbons (Fsp3) is 0.105. The first-order valence-corrected chi connectivity index (χ1v) is 9.47. The Labute approximate surface area is 162 Å². The van der Waals surface area contributed by atoms with Crippen molar-refractivity contribution in [2.45, 2.75) is 17.5 Å². The summed E-state index contributed by atoms with van der Waals surface area (Å²) < 4.78 is 12.7. The molecule has 9 heteroatoms. The van der Waals surface area contributed by atoms with Crippen molar-refractivity contribution in [1.82, 2.24) is 25.0 Å². The molecule has 5 rings (SSSR count). The Hall–Kier alpha value is -3.46. The molecule has 5 aromatic rings. The number of thioether (sulfide) groups is 1. The third-order valence-electron chi connectivity index (χ3n) is 4.28. The Bertz CT molecular complexity index is 1330. The first-order valence-electron chi connectivity index (χ1n) is 8.48. The van der Waals surface area contributed by atoms with Gasteiger partial charge in [0.05, 0.1) is 0 Å². The van der Waals surface area contributed by atoms with Crippen LogP contribution in [0.15, 0.2) is 74.0 Å². The lowest BCUT2D eigenvalue weighted by molar-refractivity contribution is 0.397. The van der Waals surface area contributed by atoms with E-state index in [2.05, 4.69) is 20.3 Å². The Morgan fingerprint density at radius 2 is 2.00 bits per heavy atom. The van der Waals surface area contributed by atoms with Crippen LogP contribution < -0.4 is 5.63 Å². The van der Waals surface area contributed by atoms with Crippen LogP contribution in [0.4, 0.5) is 0 Å². The molecule has 0 amide bonds. The van der Waals surface area contributed by atoms with Gasteiger partial charge < -0.3 is 8.83 Å². The second-order valence-corrected chi connectivity index (χ2v) is 7.02. The Kier molecular flexibility index (Phi) is 4.13. The lowest BCUT2D eigenvalue weighted by atomic mass is 10.0. The van der Waals surface area contributed by atoms with Crippen molar-refractivity contribution in [1.29, 1.82) is 0 Å². The van der Waals surface area contributed by atoms with Crippen LogP contribution in [0.5, 0.6) is 0 Å². The van der Waals surface area contributed by atoms with Crippen molar-refractivity contribution >= 4 is 33.5 Å². The molecule has 28 heavy (non-hydrogen) atoms. The molecule has 0 spiro atoms. The van der Waals surface area contributed by atoms with E-state index >= 15 is 0 Å². The fourth-order valence-electron chi connectivity index (χ4n) is 3.09. The van der Waals surface area contributed by atoms with E-state index in [1.54, 1.807) is 11.0 Å². The highest BCUT2D eigenvalue weighted by molar-refractivity contribution is 7.98. The third-order valence-corrected chi connectivity index (χ3v) is 5.15. The minimum Gasteiger partial charge on any atom is -0.423 e. The summed E-state index contributed by atoms with van der Waals surface area (Å²) in [5.41, 5.74) is 1.05. The normalized spacial score (nSPS) is 11.4. The molecule has 3 heterocycles. The second-order valence-electron chi connectivity index (χ2n) is 6.09. The van der Waals surface area contributed by atoms with Gasteiger partial charge in [0, 0.05) is 17.2 Å². The maximum Gasteiger partial charge on any atom is 0.336 e. The van der Waals surface area contributed by atoms with Gasteiger partial charge in [0.2, 0.25) is 5.89 Å². The number of nitrogens with zero attached hydrogens (tertiary/aromatic N) is 5. The van der Waals surface area contributed by atoms with Gasteiger partial charge in [-0.25, -0.2) is 14.5 Å². The summed E-state index contributed by atoms with van der Waals surface area (Å²) >= 11 is 1.37. The highest BCUT2D eigenvalue weighted by Crippen LogP contribution is 2.31.